The van der Waals surface area contributed by atoms with Crippen molar-refractivity contribution in [1.82, 2.24) is 9.97 Å². The molecule has 0 bridgehead atoms. The van der Waals surface area contributed by atoms with E-state index in [0.717, 1.165) is 0 Å². The number of aromatic nitrogens is 2. The molecule has 0 aliphatic heterocycles. The van der Waals surface area contributed by atoms with Gasteiger partial charge in [0.2, 0.25) is 0 Å². The molecule has 4 atom stereocenters. The van der Waals surface area contributed by atoms with E-state index >= 15 is 0 Å². The van der Waals surface area contributed by atoms with Crippen molar-refractivity contribution >= 4 is 36.0 Å². The zero-order chi connectivity index (χ0) is 22.0. The molecule has 0 fully saturated rings. The quantitative estimate of drug-likeness (QED) is 0.527. The summed E-state index contributed by atoms with van der Waals surface area (Å²) in [6.45, 7) is 4.95. The summed E-state index contributed by atoms with van der Waals surface area (Å²) in [6, 6.07) is 0. The minimum Gasteiger partial charge on any atom is -0.454 e. The predicted octanol–water partition coefficient (Wildman–Crippen LogP) is 1.60. The highest BCUT2D eigenvalue weighted by Crippen LogP contribution is 2.36. The van der Waals surface area contributed by atoms with Gasteiger partial charge in [-0.15, -0.1) is 0 Å². The van der Waals surface area contributed by atoms with Gasteiger partial charge in [0.25, 0.3) is 0 Å². The van der Waals surface area contributed by atoms with Gasteiger partial charge in [-0.1, -0.05) is 0 Å². The molecule has 2 aliphatic carbocycles. The number of hydrogen-bond acceptors (Lipinski definition) is 10. The molecular formula is C20H20N2O8. The highest BCUT2D eigenvalue weighted by Gasteiger charge is 2.38. The van der Waals surface area contributed by atoms with Crippen LogP contribution >= 0.6 is 0 Å². The summed E-state index contributed by atoms with van der Waals surface area (Å²) in [6.07, 6.45) is 2.49. The predicted molar refractivity (Wildman–Crippen MR) is 100 cm³/mol. The number of hydrogen-bond donors (Lipinski definition) is 0. The zero-order valence-corrected chi connectivity index (χ0v) is 16.8. The molecular weight excluding hydrogens is 396 g/mol. The maximum absolute atomic E-state index is 11.6. The van der Waals surface area contributed by atoms with Crippen LogP contribution in [-0.4, -0.2) is 46.1 Å². The largest absolute Gasteiger partial charge is 0.454 e. The normalized spacial score (nSPS) is 23.6. The van der Waals surface area contributed by atoms with E-state index in [-0.39, 0.29) is 11.4 Å². The van der Waals surface area contributed by atoms with Gasteiger partial charge in [0.05, 0.1) is 11.4 Å². The van der Waals surface area contributed by atoms with Crippen LogP contribution in [0, 0.1) is 0 Å². The Hall–Kier alpha value is -3.56. The third kappa shape index (κ3) is 4.53. The molecule has 0 amide bonds. The summed E-state index contributed by atoms with van der Waals surface area (Å²) in [5.41, 5.74) is 1.26. The van der Waals surface area contributed by atoms with E-state index in [2.05, 4.69) is 9.97 Å². The fraction of sp³-hybridized carbons (Fsp3) is 0.400. The summed E-state index contributed by atoms with van der Waals surface area (Å²) in [5, 5.41) is 0. The van der Waals surface area contributed by atoms with E-state index in [0.29, 0.717) is 11.4 Å². The van der Waals surface area contributed by atoms with E-state index in [1.165, 1.54) is 39.8 Å². The minimum atomic E-state index is -0.990. The van der Waals surface area contributed by atoms with E-state index in [1.807, 2.05) is 0 Å². The summed E-state index contributed by atoms with van der Waals surface area (Å²) in [4.78, 5) is 55.1. The van der Waals surface area contributed by atoms with Gasteiger partial charge in [0.1, 0.15) is 11.4 Å². The smallest absolute Gasteiger partial charge is 0.303 e. The van der Waals surface area contributed by atoms with Crippen LogP contribution in [0.3, 0.4) is 0 Å². The van der Waals surface area contributed by atoms with E-state index in [9.17, 15) is 19.2 Å². The topological polar surface area (TPSA) is 131 Å². The third-order valence-corrected chi connectivity index (χ3v) is 4.22. The number of esters is 4. The van der Waals surface area contributed by atoms with Crippen molar-refractivity contribution in [2.45, 2.75) is 52.1 Å². The van der Waals surface area contributed by atoms with E-state index in [1.54, 1.807) is 12.2 Å². The van der Waals surface area contributed by atoms with Crippen LogP contribution in [0.5, 0.6) is 0 Å². The SMILES string of the molecule is CC(=O)O[C@H]1C=Cc2nc3c(nc2[C@H]1OC(C)=O)C=C[C@H](OC(C)=O)[C@@H]3OC(C)=O. The second-order valence-electron chi connectivity index (χ2n) is 6.69. The number of carbonyl (C=O) groups excluding carboxylic acids is 4. The molecule has 10 nitrogen and oxygen atoms in total. The molecule has 30 heavy (non-hydrogen) atoms. The Balaban J connectivity index is 2.06. The van der Waals surface area contributed by atoms with Crippen molar-refractivity contribution in [2.24, 2.45) is 0 Å². The molecule has 1 aromatic heterocycles. The Morgan fingerprint density at radius 2 is 0.967 bits per heavy atom. The summed E-state index contributed by atoms with van der Waals surface area (Å²) in [5.74, 6) is -2.26. The van der Waals surface area contributed by atoms with Crippen LogP contribution in [0.15, 0.2) is 12.2 Å². The first-order chi connectivity index (χ1) is 14.2. The molecule has 2 aliphatic rings. The Morgan fingerprint density at radius 3 is 1.27 bits per heavy atom. The first kappa shape index (κ1) is 21.2. The number of rotatable bonds is 4. The number of ether oxygens (including phenoxy) is 4. The van der Waals surface area contributed by atoms with Crippen molar-refractivity contribution in [3.8, 4) is 0 Å². The Morgan fingerprint density at radius 1 is 0.633 bits per heavy atom. The number of nitrogens with zero attached hydrogens (tertiary/aromatic N) is 2. The molecule has 0 unspecified atom stereocenters. The van der Waals surface area contributed by atoms with Gasteiger partial charge >= 0.3 is 23.9 Å². The lowest BCUT2D eigenvalue weighted by molar-refractivity contribution is -0.163. The lowest BCUT2D eigenvalue weighted by atomic mass is 9.96. The molecule has 1 aromatic rings. The van der Waals surface area contributed by atoms with Gasteiger partial charge in [0, 0.05) is 27.7 Å². The second kappa shape index (κ2) is 8.44. The maximum atomic E-state index is 11.6. The Kier molecular flexibility index (Phi) is 5.95. The summed E-state index contributed by atoms with van der Waals surface area (Å²) >= 11 is 0. The van der Waals surface area contributed by atoms with Gasteiger partial charge in [0.15, 0.2) is 24.4 Å². The molecule has 0 saturated heterocycles. The second-order valence-corrected chi connectivity index (χ2v) is 6.69. The first-order valence-corrected chi connectivity index (χ1v) is 9.12. The van der Waals surface area contributed by atoms with Gasteiger partial charge in [-0.05, 0) is 24.3 Å². The molecule has 0 spiro atoms. The standard InChI is InChI=1S/C20H20N2O8/c1-9(23)27-15-7-5-13-17(19(15)29-11(3)25)21-14-6-8-16(28-10(2)24)20(18(14)22-13)30-12(4)26/h5-8,15-16,19-20H,1-4H3/t15-,16-,19-,20-/m0/s1. The average Bonchev–Trinajstić information content (AvgIpc) is 2.63. The molecule has 3 rings (SSSR count). The van der Waals surface area contributed by atoms with Crippen molar-refractivity contribution in [1.29, 1.82) is 0 Å². The molecule has 0 radical (unpaired) electrons. The van der Waals surface area contributed by atoms with E-state index in [4.69, 9.17) is 18.9 Å². The number of carbonyl (C=O) groups is 4. The molecule has 10 heteroatoms. The van der Waals surface area contributed by atoms with Gasteiger partial charge < -0.3 is 18.9 Å². The Labute approximate surface area is 171 Å². The number of fused-ring (bicyclic) bond motifs is 2. The highest BCUT2D eigenvalue weighted by molar-refractivity contribution is 5.71. The van der Waals surface area contributed by atoms with Gasteiger partial charge in [-0.2, -0.15) is 0 Å². The lowest BCUT2D eigenvalue weighted by Gasteiger charge is -2.31. The van der Waals surface area contributed by atoms with Crippen LogP contribution in [0.1, 0.15) is 62.7 Å². The molecule has 0 aromatic carbocycles. The Bertz CT molecular complexity index is 890. The molecule has 0 N–H and O–H groups in total. The monoisotopic (exact) mass is 416 g/mol. The van der Waals surface area contributed by atoms with Gasteiger partial charge in [-0.3, -0.25) is 19.2 Å². The first-order valence-electron chi connectivity index (χ1n) is 9.12. The van der Waals surface area contributed by atoms with Crippen LogP contribution in [0.25, 0.3) is 12.2 Å². The maximum Gasteiger partial charge on any atom is 0.303 e. The average molecular weight is 416 g/mol. The van der Waals surface area contributed by atoms with Crippen molar-refractivity contribution in [2.75, 3.05) is 0 Å². The van der Waals surface area contributed by atoms with Crippen molar-refractivity contribution in [3.05, 3.63) is 34.9 Å². The third-order valence-electron chi connectivity index (χ3n) is 4.22. The molecule has 1 heterocycles. The van der Waals surface area contributed by atoms with Crippen LogP contribution in [0.4, 0.5) is 0 Å². The van der Waals surface area contributed by atoms with Crippen LogP contribution in [0.2, 0.25) is 0 Å². The minimum absolute atomic E-state index is 0.287. The van der Waals surface area contributed by atoms with Gasteiger partial charge in [-0.25, -0.2) is 9.97 Å². The van der Waals surface area contributed by atoms with E-state index < -0.39 is 48.3 Å². The van der Waals surface area contributed by atoms with Crippen LogP contribution < -0.4 is 0 Å². The summed E-state index contributed by atoms with van der Waals surface area (Å²) < 4.78 is 21.1. The molecule has 158 valence electrons. The van der Waals surface area contributed by atoms with Crippen LogP contribution in [-0.2, 0) is 38.1 Å². The summed E-state index contributed by atoms with van der Waals surface area (Å²) in [7, 11) is 0. The van der Waals surface area contributed by atoms with Crippen molar-refractivity contribution in [3.63, 3.8) is 0 Å². The molecule has 0 saturated carbocycles. The fourth-order valence-corrected chi connectivity index (χ4v) is 3.23. The zero-order valence-electron chi connectivity index (χ0n) is 16.8. The fourth-order valence-electron chi connectivity index (χ4n) is 3.23. The van der Waals surface area contributed by atoms with Crippen molar-refractivity contribution < 1.29 is 38.1 Å². The highest BCUT2D eigenvalue weighted by atomic mass is 16.6. The lowest BCUT2D eigenvalue weighted by Crippen LogP contribution is -2.33.